The molecule has 1 spiro atoms. The fourth-order valence-corrected chi connectivity index (χ4v) is 4.39. The number of rotatable bonds is 5. The summed E-state index contributed by atoms with van der Waals surface area (Å²) in [6, 6.07) is 15.3. The zero-order valence-electron chi connectivity index (χ0n) is 16.2. The van der Waals surface area contributed by atoms with Crippen LogP contribution in [0.1, 0.15) is 36.0 Å². The van der Waals surface area contributed by atoms with Crippen LogP contribution in [0.2, 0.25) is 0 Å². The van der Waals surface area contributed by atoms with Crippen LogP contribution in [0, 0.1) is 11.3 Å². The number of carbonyl (C=O) groups is 1. The van der Waals surface area contributed by atoms with Gasteiger partial charge in [-0.05, 0) is 61.0 Å². The van der Waals surface area contributed by atoms with Crippen LogP contribution in [0.4, 0.5) is 13.2 Å². The maximum atomic E-state index is 12.7. The first-order chi connectivity index (χ1) is 13.9. The first-order valence-corrected chi connectivity index (χ1v) is 10.1. The summed E-state index contributed by atoms with van der Waals surface area (Å²) in [7, 11) is 0. The minimum Gasteiger partial charge on any atom is -0.352 e. The van der Waals surface area contributed by atoms with Crippen molar-refractivity contribution in [3.8, 4) is 0 Å². The maximum Gasteiger partial charge on any atom is 0.416 e. The van der Waals surface area contributed by atoms with Crippen molar-refractivity contribution in [2.75, 3.05) is 13.1 Å². The van der Waals surface area contributed by atoms with Crippen LogP contribution in [0.3, 0.4) is 0 Å². The first-order valence-electron chi connectivity index (χ1n) is 10.1. The van der Waals surface area contributed by atoms with Gasteiger partial charge in [0, 0.05) is 19.0 Å². The SMILES string of the molecule is O=C(NCc1ccccc1)C1CC12CCN(Cc1ccc(C(F)(F)F)cc1)CC2. The molecule has 0 aromatic heterocycles. The van der Waals surface area contributed by atoms with E-state index in [1.165, 1.54) is 0 Å². The lowest BCUT2D eigenvalue weighted by molar-refractivity contribution is -0.137. The van der Waals surface area contributed by atoms with Crippen molar-refractivity contribution < 1.29 is 18.0 Å². The van der Waals surface area contributed by atoms with Gasteiger partial charge < -0.3 is 5.32 Å². The average molecular weight is 402 g/mol. The number of amides is 1. The van der Waals surface area contributed by atoms with Gasteiger partial charge in [-0.15, -0.1) is 0 Å². The van der Waals surface area contributed by atoms with Crippen LogP contribution in [-0.2, 0) is 24.1 Å². The summed E-state index contributed by atoms with van der Waals surface area (Å²) in [6.07, 6.45) is -1.41. The molecule has 6 heteroatoms. The Morgan fingerprint density at radius 1 is 1.00 bits per heavy atom. The molecular formula is C23H25F3N2O. The molecule has 1 N–H and O–H groups in total. The molecule has 1 unspecified atom stereocenters. The van der Waals surface area contributed by atoms with Gasteiger partial charge in [-0.25, -0.2) is 0 Å². The van der Waals surface area contributed by atoms with Gasteiger partial charge in [0.1, 0.15) is 0 Å². The lowest BCUT2D eigenvalue weighted by Crippen LogP contribution is -2.36. The Labute approximate surface area is 168 Å². The molecule has 1 aliphatic carbocycles. The number of alkyl halides is 3. The van der Waals surface area contributed by atoms with Gasteiger partial charge in [0.2, 0.25) is 5.91 Å². The van der Waals surface area contributed by atoms with Gasteiger partial charge in [0.05, 0.1) is 5.56 Å². The summed E-state index contributed by atoms with van der Waals surface area (Å²) in [5.41, 5.74) is 1.50. The standard InChI is InChI=1S/C23H25F3N2O/c24-23(25,26)19-8-6-18(7-9-19)16-28-12-10-22(11-13-28)14-20(22)21(29)27-15-17-4-2-1-3-5-17/h1-9,20H,10-16H2,(H,27,29). The van der Waals surface area contributed by atoms with E-state index in [2.05, 4.69) is 10.2 Å². The van der Waals surface area contributed by atoms with E-state index in [0.717, 1.165) is 55.6 Å². The summed E-state index contributed by atoms with van der Waals surface area (Å²) >= 11 is 0. The van der Waals surface area contributed by atoms with Gasteiger partial charge >= 0.3 is 6.18 Å². The molecule has 1 amide bonds. The molecule has 2 aromatic carbocycles. The van der Waals surface area contributed by atoms with E-state index in [-0.39, 0.29) is 17.2 Å². The Bertz CT molecular complexity index is 841. The predicted molar refractivity (Wildman–Crippen MR) is 105 cm³/mol. The third-order valence-electron chi connectivity index (χ3n) is 6.36. The second kappa shape index (κ2) is 7.82. The molecule has 2 aromatic rings. The zero-order chi connectivity index (χ0) is 20.5. The quantitative estimate of drug-likeness (QED) is 0.791. The highest BCUT2D eigenvalue weighted by Gasteiger charge is 2.58. The van der Waals surface area contributed by atoms with Crippen molar-refractivity contribution in [3.05, 3.63) is 71.3 Å². The van der Waals surface area contributed by atoms with E-state index in [4.69, 9.17) is 0 Å². The van der Waals surface area contributed by atoms with Crippen LogP contribution in [0.15, 0.2) is 54.6 Å². The van der Waals surface area contributed by atoms with Crippen LogP contribution < -0.4 is 5.32 Å². The minimum atomic E-state index is -4.29. The van der Waals surface area contributed by atoms with Crippen LogP contribution in [0.25, 0.3) is 0 Å². The smallest absolute Gasteiger partial charge is 0.352 e. The number of hydrogen-bond acceptors (Lipinski definition) is 2. The molecule has 4 rings (SSSR count). The second-order valence-corrected chi connectivity index (χ2v) is 8.29. The molecule has 1 saturated heterocycles. The minimum absolute atomic E-state index is 0.0967. The number of nitrogens with one attached hydrogen (secondary N) is 1. The van der Waals surface area contributed by atoms with Gasteiger partial charge in [-0.1, -0.05) is 42.5 Å². The van der Waals surface area contributed by atoms with Gasteiger partial charge in [0.15, 0.2) is 0 Å². The molecule has 29 heavy (non-hydrogen) atoms. The lowest BCUT2D eigenvalue weighted by Gasteiger charge is -2.32. The third kappa shape index (κ3) is 4.64. The Hall–Kier alpha value is -2.34. The summed E-state index contributed by atoms with van der Waals surface area (Å²) < 4.78 is 38.0. The number of piperidine rings is 1. The molecular weight excluding hydrogens is 377 g/mol. The molecule has 1 atom stereocenters. The normalized spacial score (nSPS) is 21.1. The highest BCUT2D eigenvalue weighted by atomic mass is 19.4. The monoisotopic (exact) mass is 402 g/mol. The fraction of sp³-hybridized carbons (Fsp3) is 0.435. The third-order valence-corrected chi connectivity index (χ3v) is 6.36. The molecule has 2 fully saturated rings. The highest BCUT2D eigenvalue weighted by molar-refractivity contribution is 5.82. The molecule has 0 radical (unpaired) electrons. The zero-order valence-corrected chi connectivity index (χ0v) is 16.2. The van der Waals surface area contributed by atoms with E-state index < -0.39 is 11.7 Å². The van der Waals surface area contributed by atoms with E-state index in [1.54, 1.807) is 12.1 Å². The molecule has 1 aliphatic heterocycles. The van der Waals surface area contributed by atoms with Crippen molar-refractivity contribution in [3.63, 3.8) is 0 Å². The summed E-state index contributed by atoms with van der Waals surface area (Å²) in [5, 5.41) is 3.06. The van der Waals surface area contributed by atoms with Gasteiger partial charge in [-0.3, -0.25) is 9.69 Å². The Balaban J connectivity index is 1.24. The number of nitrogens with zero attached hydrogens (tertiary/aromatic N) is 1. The summed E-state index contributed by atoms with van der Waals surface area (Å²) in [4.78, 5) is 14.8. The molecule has 1 heterocycles. The number of hydrogen-bond donors (Lipinski definition) is 1. The van der Waals surface area contributed by atoms with Crippen molar-refractivity contribution in [2.45, 2.75) is 38.5 Å². The van der Waals surface area contributed by atoms with Crippen molar-refractivity contribution in [1.29, 1.82) is 0 Å². The van der Waals surface area contributed by atoms with Crippen molar-refractivity contribution >= 4 is 5.91 Å². The topological polar surface area (TPSA) is 32.3 Å². The Kier molecular flexibility index (Phi) is 5.38. The Morgan fingerprint density at radius 2 is 1.66 bits per heavy atom. The molecule has 3 nitrogen and oxygen atoms in total. The Morgan fingerprint density at radius 3 is 2.28 bits per heavy atom. The van der Waals surface area contributed by atoms with E-state index in [9.17, 15) is 18.0 Å². The lowest BCUT2D eigenvalue weighted by atomic mass is 9.90. The van der Waals surface area contributed by atoms with Crippen molar-refractivity contribution in [2.24, 2.45) is 11.3 Å². The highest BCUT2D eigenvalue weighted by Crippen LogP contribution is 2.59. The predicted octanol–water partition coefficient (Wildman–Crippen LogP) is 4.62. The van der Waals surface area contributed by atoms with Crippen LogP contribution in [-0.4, -0.2) is 23.9 Å². The fourth-order valence-electron chi connectivity index (χ4n) is 4.39. The molecule has 154 valence electrons. The largest absolute Gasteiger partial charge is 0.416 e. The van der Waals surface area contributed by atoms with E-state index in [1.807, 2.05) is 30.3 Å². The van der Waals surface area contributed by atoms with Crippen LogP contribution >= 0.6 is 0 Å². The van der Waals surface area contributed by atoms with Crippen LogP contribution in [0.5, 0.6) is 0 Å². The number of halogens is 3. The van der Waals surface area contributed by atoms with E-state index >= 15 is 0 Å². The number of likely N-dealkylation sites (tertiary alicyclic amines) is 1. The summed E-state index contributed by atoms with van der Waals surface area (Å²) in [5.74, 6) is 0.240. The average Bonchev–Trinajstić information content (AvgIpc) is 3.42. The molecule has 1 saturated carbocycles. The first kappa shape index (κ1) is 20.0. The van der Waals surface area contributed by atoms with Gasteiger partial charge in [0.25, 0.3) is 0 Å². The van der Waals surface area contributed by atoms with Crippen molar-refractivity contribution in [1.82, 2.24) is 10.2 Å². The van der Waals surface area contributed by atoms with Gasteiger partial charge in [-0.2, -0.15) is 13.2 Å². The second-order valence-electron chi connectivity index (χ2n) is 8.29. The summed E-state index contributed by atoms with van der Waals surface area (Å²) in [6.45, 7) is 2.97. The van der Waals surface area contributed by atoms with E-state index in [0.29, 0.717) is 13.1 Å². The number of carbonyl (C=O) groups excluding carboxylic acids is 1. The maximum absolute atomic E-state index is 12.7. The molecule has 0 bridgehead atoms. The molecule has 2 aliphatic rings. The number of benzene rings is 2.